The average Bonchev–Trinajstić information content (AvgIpc) is 3.07. The highest BCUT2D eigenvalue weighted by Gasteiger charge is 2.66. The molecule has 0 N–H and O–H groups in total. The third-order valence-corrected chi connectivity index (χ3v) is 4.83. The van der Waals surface area contributed by atoms with E-state index in [0.29, 0.717) is 6.61 Å². The lowest BCUT2D eigenvalue weighted by atomic mass is 9.94. The monoisotopic (exact) mass is 293 g/mol. The largest absolute Gasteiger partial charge is 0.625 e. The topological polar surface area (TPSA) is 46.2 Å². The standard InChI is InChI=1S/C14H20BNO5/c1-17-12-2-4-13(5-3-12)18-11-14-10-16-6-8-19-15(16,21-14)20-9-7-16/h2-5,14H,6-11H2,1H3. The van der Waals surface area contributed by atoms with Crippen LogP contribution >= 0.6 is 0 Å². The van der Waals surface area contributed by atoms with E-state index in [-0.39, 0.29) is 6.10 Å². The maximum absolute atomic E-state index is 6.09. The van der Waals surface area contributed by atoms with Crippen LogP contribution in [0.25, 0.3) is 0 Å². The van der Waals surface area contributed by atoms with Crippen molar-refractivity contribution in [1.82, 2.24) is 0 Å². The molecular formula is C14H20BNO5. The van der Waals surface area contributed by atoms with E-state index >= 15 is 0 Å². The number of rotatable bonds is 4. The predicted octanol–water partition coefficient (Wildman–Crippen LogP) is 0.786. The Balaban J connectivity index is 1.39. The molecule has 3 heterocycles. The molecule has 0 bridgehead atoms. The first-order chi connectivity index (χ1) is 10.3. The molecule has 1 atom stereocenters. The second-order valence-corrected chi connectivity index (χ2v) is 5.94. The maximum Gasteiger partial charge on any atom is 0.625 e. The zero-order chi connectivity index (χ0) is 14.3. The van der Waals surface area contributed by atoms with Crippen molar-refractivity contribution in [2.24, 2.45) is 0 Å². The van der Waals surface area contributed by atoms with Gasteiger partial charge in [-0.1, -0.05) is 0 Å². The zero-order valence-corrected chi connectivity index (χ0v) is 12.2. The summed E-state index contributed by atoms with van der Waals surface area (Å²) >= 11 is 0. The summed E-state index contributed by atoms with van der Waals surface area (Å²) in [7, 11) is 1.65. The molecule has 3 saturated heterocycles. The summed E-state index contributed by atoms with van der Waals surface area (Å²) in [6.07, 6.45) is 0.0210. The van der Waals surface area contributed by atoms with Crippen LogP contribution in [0.1, 0.15) is 0 Å². The van der Waals surface area contributed by atoms with E-state index in [1.54, 1.807) is 7.11 Å². The van der Waals surface area contributed by atoms with Crippen LogP contribution in [0.15, 0.2) is 24.3 Å². The van der Waals surface area contributed by atoms with Gasteiger partial charge in [0.2, 0.25) is 0 Å². The van der Waals surface area contributed by atoms with Crippen molar-refractivity contribution in [1.29, 1.82) is 0 Å². The van der Waals surface area contributed by atoms with Gasteiger partial charge in [0.25, 0.3) is 0 Å². The van der Waals surface area contributed by atoms with Crippen molar-refractivity contribution in [3.05, 3.63) is 24.3 Å². The van der Waals surface area contributed by atoms with Crippen LogP contribution in [0.2, 0.25) is 0 Å². The zero-order valence-electron chi connectivity index (χ0n) is 12.2. The molecular weight excluding hydrogens is 273 g/mol. The van der Waals surface area contributed by atoms with Crippen molar-refractivity contribution < 1.29 is 27.8 Å². The number of hydrogen-bond donors (Lipinski definition) is 0. The summed E-state index contributed by atoms with van der Waals surface area (Å²) in [6.45, 7) is 3.28. The lowest BCUT2D eigenvalue weighted by Gasteiger charge is -2.37. The molecule has 3 aliphatic heterocycles. The fourth-order valence-corrected chi connectivity index (χ4v) is 3.72. The minimum Gasteiger partial charge on any atom is -0.497 e. The molecule has 114 valence electrons. The van der Waals surface area contributed by atoms with Gasteiger partial charge < -0.3 is 27.8 Å². The molecule has 0 aromatic heterocycles. The summed E-state index contributed by atoms with van der Waals surface area (Å²) in [5.74, 6) is 1.64. The van der Waals surface area contributed by atoms with Crippen molar-refractivity contribution >= 4 is 6.89 Å². The second kappa shape index (κ2) is 4.88. The van der Waals surface area contributed by atoms with Gasteiger partial charge in [0.15, 0.2) is 0 Å². The minimum absolute atomic E-state index is 0.0210. The third-order valence-electron chi connectivity index (χ3n) is 4.83. The van der Waals surface area contributed by atoms with Gasteiger partial charge in [-0.05, 0) is 24.3 Å². The van der Waals surface area contributed by atoms with Gasteiger partial charge in [-0.3, -0.25) is 0 Å². The van der Waals surface area contributed by atoms with Gasteiger partial charge in [-0.15, -0.1) is 0 Å². The second-order valence-electron chi connectivity index (χ2n) is 5.94. The SMILES string of the molecule is COc1ccc(OCC2C[N+]34CCO[B-]3(OCC4)O2)cc1. The van der Waals surface area contributed by atoms with Gasteiger partial charge in [0, 0.05) is 0 Å². The average molecular weight is 293 g/mol. The van der Waals surface area contributed by atoms with Crippen LogP contribution in [0.4, 0.5) is 0 Å². The molecule has 3 fully saturated rings. The van der Waals surface area contributed by atoms with Crippen molar-refractivity contribution in [2.75, 3.05) is 46.6 Å². The van der Waals surface area contributed by atoms with Gasteiger partial charge in [-0.2, -0.15) is 0 Å². The number of benzene rings is 1. The maximum atomic E-state index is 6.09. The molecule has 1 aromatic rings. The molecule has 0 aliphatic carbocycles. The Morgan fingerprint density at radius 3 is 2.43 bits per heavy atom. The Kier molecular flexibility index (Phi) is 3.11. The quantitative estimate of drug-likeness (QED) is 0.768. The summed E-state index contributed by atoms with van der Waals surface area (Å²) in [5.41, 5.74) is 0. The Hall–Kier alpha value is -1.28. The number of hydrogen-bond acceptors (Lipinski definition) is 5. The molecule has 0 amide bonds. The van der Waals surface area contributed by atoms with Crippen LogP contribution in [-0.2, 0) is 14.0 Å². The number of ether oxygens (including phenoxy) is 2. The number of quaternary nitrogens is 1. The van der Waals surface area contributed by atoms with E-state index in [0.717, 1.165) is 48.7 Å². The van der Waals surface area contributed by atoms with Gasteiger partial charge in [0.05, 0.1) is 40.0 Å². The van der Waals surface area contributed by atoms with Gasteiger partial charge >= 0.3 is 6.89 Å². The van der Waals surface area contributed by atoms with E-state index < -0.39 is 6.89 Å². The van der Waals surface area contributed by atoms with Crippen LogP contribution in [0.3, 0.4) is 0 Å². The molecule has 3 aliphatic rings. The Bertz CT molecular complexity index is 493. The van der Waals surface area contributed by atoms with E-state index in [1.807, 2.05) is 24.3 Å². The molecule has 0 spiro atoms. The van der Waals surface area contributed by atoms with Crippen LogP contribution < -0.4 is 9.47 Å². The first kappa shape index (κ1) is 13.4. The van der Waals surface area contributed by atoms with Crippen molar-refractivity contribution in [3.8, 4) is 11.5 Å². The molecule has 21 heavy (non-hydrogen) atoms. The third kappa shape index (κ3) is 2.04. The van der Waals surface area contributed by atoms with Gasteiger partial charge in [-0.25, -0.2) is 0 Å². The fraction of sp³-hybridized carbons (Fsp3) is 0.571. The number of methoxy groups -OCH3 is 1. The van der Waals surface area contributed by atoms with E-state index in [4.69, 9.17) is 23.4 Å². The fourth-order valence-electron chi connectivity index (χ4n) is 3.72. The molecule has 6 nitrogen and oxygen atoms in total. The van der Waals surface area contributed by atoms with E-state index in [1.165, 1.54) is 0 Å². The Labute approximate surface area is 124 Å². The summed E-state index contributed by atoms with van der Waals surface area (Å²) in [6, 6.07) is 7.58. The number of nitrogens with zero attached hydrogens (tertiary/aromatic N) is 1. The minimum atomic E-state index is -1.58. The van der Waals surface area contributed by atoms with Gasteiger partial charge in [0.1, 0.15) is 24.2 Å². The summed E-state index contributed by atoms with van der Waals surface area (Å²) in [5, 5.41) is 0. The molecule has 7 heteroatoms. The molecule has 0 saturated carbocycles. The highest BCUT2D eigenvalue weighted by atomic mass is 16.8. The van der Waals surface area contributed by atoms with E-state index in [9.17, 15) is 0 Å². The van der Waals surface area contributed by atoms with Crippen LogP contribution in [0.5, 0.6) is 11.5 Å². The molecule has 0 radical (unpaired) electrons. The predicted molar refractivity (Wildman–Crippen MR) is 75.9 cm³/mol. The lowest BCUT2D eigenvalue weighted by molar-refractivity contribution is -0.816. The van der Waals surface area contributed by atoms with Crippen LogP contribution in [-0.4, -0.2) is 64.0 Å². The first-order valence-corrected chi connectivity index (χ1v) is 7.47. The highest BCUT2D eigenvalue weighted by Crippen LogP contribution is 2.41. The Morgan fingerprint density at radius 1 is 1.14 bits per heavy atom. The smallest absolute Gasteiger partial charge is 0.497 e. The summed E-state index contributed by atoms with van der Waals surface area (Å²) < 4.78 is 29.5. The highest BCUT2D eigenvalue weighted by molar-refractivity contribution is 6.54. The molecule has 4 rings (SSSR count). The van der Waals surface area contributed by atoms with Crippen LogP contribution in [0, 0.1) is 0 Å². The Morgan fingerprint density at radius 2 is 1.81 bits per heavy atom. The lowest BCUT2D eigenvalue weighted by Crippen LogP contribution is -2.59. The van der Waals surface area contributed by atoms with Crippen molar-refractivity contribution in [3.63, 3.8) is 0 Å². The summed E-state index contributed by atoms with van der Waals surface area (Å²) in [4.78, 5) is 0. The molecule has 1 unspecified atom stereocenters. The first-order valence-electron chi connectivity index (χ1n) is 7.47. The normalized spacial score (nSPS) is 37.3. The van der Waals surface area contributed by atoms with E-state index in [2.05, 4.69) is 0 Å². The van der Waals surface area contributed by atoms with Crippen molar-refractivity contribution in [2.45, 2.75) is 6.10 Å². The molecule has 1 aromatic carbocycles.